The van der Waals surface area contributed by atoms with Crippen molar-refractivity contribution in [2.45, 2.75) is 357 Å². The number of thioether (sulfide) groups is 1. The number of hydrogen-bond acceptors (Lipinski definition) is 20. The lowest BCUT2D eigenvalue weighted by molar-refractivity contribution is -0.151. The van der Waals surface area contributed by atoms with Crippen molar-refractivity contribution in [1.29, 1.82) is 0 Å². The van der Waals surface area contributed by atoms with Crippen molar-refractivity contribution in [1.82, 2.24) is 36.1 Å². The SMILES string of the molecule is COc1cccc2c1nnn2CC(=O)[C@H]1CC[C@H]2[C@@H]3CC[C@H]4C[C@](C)(O)CC[C@]4(C)[C@H]3CC[C@]12C.COc1cccc2nnn(CC(=O)[C@H]3CC[C@H]4[C@@H]5CC[C@H]6C[C@](C)(O)CC[C@]6(C)[C@H]5CC[C@]34C)c12.CSC(C=NCC(=O)[C@H]1CC[C@H]2[C@@H]3CC[C@H]4C[C@](C)(O)CC[C@]4(C)[C@H]3CC[C@]12C)=CN.Cc1ccc(N)c(NCC(=O)[C@H]2CC[C@H]3[C@@H]4CC[C@H]5C[C@](C)(O)CC[C@]5(C)[C@H]4CC[C@]23C)c1F.N. The van der Waals surface area contributed by atoms with Gasteiger partial charge in [0.2, 0.25) is 0 Å². The number of carbonyl (C=O) groups excluding carboxylic acids is 4. The van der Waals surface area contributed by atoms with E-state index in [1.165, 1.54) is 109 Å². The summed E-state index contributed by atoms with van der Waals surface area (Å²) in [4.78, 5) is 59.5. The monoisotopic (exact) mass is 1890 g/mol. The number of para-hydroxylation sites is 1. The first-order valence-electron chi connectivity index (χ1n) is 53.4. The third kappa shape index (κ3) is 17.7. The third-order valence-electron chi connectivity index (χ3n) is 44.1. The number of methoxy groups -OCH3 is 2. The van der Waals surface area contributed by atoms with Gasteiger partial charge in [-0.2, -0.15) is 0 Å². The van der Waals surface area contributed by atoms with Gasteiger partial charge in [0, 0.05) is 41.0 Å². The first-order valence-corrected chi connectivity index (χ1v) is 54.6. The molecule has 32 atom stereocenters. The third-order valence-corrected chi connectivity index (χ3v) is 44.8. The van der Waals surface area contributed by atoms with Gasteiger partial charge in [-0.3, -0.25) is 24.2 Å². The van der Waals surface area contributed by atoms with E-state index in [2.05, 4.69) is 86.3 Å². The second kappa shape index (κ2) is 37.7. The van der Waals surface area contributed by atoms with Gasteiger partial charge in [-0.05, 0) is 446 Å². The summed E-state index contributed by atoms with van der Waals surface area (Å²) in [6.07, 6.45) is 45.7. The summed E-state index contributed by atoms with van der Waals surface area (Å²) >= 11 is 1.55. The number of nitrogen functional groups attached to an aromatic ring is 1. The van der Waals surface area contributed by atoms with E-state index < -0.39 is 22.4 Å². The normalized spacial score (nSPS) is 43.8. The Hall–Kier alpha value is -6.37. The Morgan fingerprint density at radius 3 is 1.23 bits per heavy atom. The first kappa shape index (κ1) is 101. The molecule has 2 heterocycles. The van der Waals surface area contributed by atoms with E-state index in [-0.39, 0.29) is 88.4 Å². The molecule has 12 N–H and O–H groups in total. The fraction of sp³-hybridized carbons (Fsp3) is 0.779. The van der Waals surface area contributed by atoms with Crippen LogP contribution >= 0.6 is 11.8 Å². The average Bonchev–Trinajstić information content (AvgIpc) is 1.45. The smallest absolute Gasteiger partial charge is 0.157 e. The van der Waals surface area contributed by atoms with Gasteiger partial charge in [0.1, 0.15) is 35.6 Å². The van der Waals surface area contributed by atoms with Crippen LogP contribution in [-0.4, -0.2) is 136 Å². The largest absolute Gasteiger partial charge is 0.494 e. The molecule has 16 aliphatic carbocycles. The van der Waals surface area contributed by atoms with Crippen molar-refractivity contribution >= 4 is 74.6 Å². The number of nitrogens with one attached hydrogen (secondary N) is 1. The molecular formula is C113H170FN11O10S. The van der Waals surface area contributed by atoms with Crippen LogP contribution in [0.25, 0.3) is 22.1 Å². The maximum absolute atomic E-state index is 14.6. The van der Waals surface area contributed by atoms with Gasteiger partial charge in [0.25, 0.3) is 0 Å². The van der Waals surface area contributed by atoms with E-state index in [4.69, 9.17) is 20.9 Å². The summed E-state index contributed by atoms with van der Waals surface area (Å²) in [5.74, 6) is 13.6. The molecule has 5 aromatic rings. The molecule has 2 aromatic heterocycles. The molecule has 21 nitrogen and oxygen atoms in total. The number of hydrogen-bond donors (Lipinski definition) is 8. The Balaban J connectivity index is 0.000000126. The summed E-state index contributed by atoms with van der Waals surface area (Å²) in [7, 11) is 3.29. The van der Waals surface area contributed by atoms with Crippen LogP contribution in [0.4, 0.5) is 15.8 Å². The van der Waals surface area contributed by atoms with Gasteiger partial charge in [-0.25, -0.2) is 13.8 Å². The van der Waals surface area contributed by atoms with Crippen LogP contribution in [0.2, 0.25) is 0 Å². The Kier molecular flexibility index (Phi) is 28.1. The lowest BCUT2D eigenvalue weighted by Crippen LogP contribution is -2.55. The molecule has 0 spiro atoms. The highest BCUT2D eigenvalue weighted by Crippen LogP contribution is 2.74. The van der Waals surface area contributed by atoms with Crippen LogP contribution in [0.5, 0.6) is 11.5 Å². The molecule has 750 valence electrons. The summed E-state index contributed by atoms with van der Waals surface area (Å²) < 4.78 is 29.0. The predicted octanol–water partition coefficient (Wildman–Crippen LogP) is 22.3. The average molecular weight is 1890 g/mol. The summed E-state index contributed by atoms with van der Waals surface area (Å²) in [5, 5.41) is 63.2. The number of fused-ring (bicyclic) bond motifs is 22. The number of ether oxygens (including phenoxy) is 2. The van der Waals surface area contributed by atoms with Gasteiger partial charge in [-0.15, -0.1) is 22.0 Å². The van der Waals surface area contributed by atoms with Crippen molar-refractivity contribution in [2.24, 2.45) is 172 Å². The molecule has 16 saturated carbocycles. The number of benzene rings is 3. The number of rotatable bonds is 17. The van der Waals surface area contributed by atoms with Crippen molar-refractivity contribution in [2.75, 3.05) is 44.6 Å². The second-order valence-electron chi connectivity index (χ2n) is 50.9. The minimum Gasteiger partial charge on any atom is -0.494 e. The van der Waals surface area contributed by atoms with Crippen LogP contribution in [0.3, 0.4) is 0 Å². The van der Waals surface area contributed by atoms with E-state index in [1.54, 1.807) is 66.8 Å². The minimum atomic E-state index is -0.502. The molecule has 0 aliphatic heterocycles. The van der Waals surface area contributed by atoms with Gasteiger partial charge in [-0.1, -0.05) is 84.0 Å². The van der Waals surface area contributed by atoms with E-state index in [0.29, 0.717) is 127 Å². The lowest BCUT2D eigenvalue weighted by Gasteiger charge is -2.61. The van der Waals surface area contributed by atoms with Crippen molar-refractivity contribution in [3.8, 4) is 11.5 Å². The van der Waals surface area contributed by atoms with E-state index in [0.717, 1.165) is 184 Å². The van der Waals surface area contributed by atoms with Gasteiger partial charge < -0.3 is 52.8 Å². The molecular weight excluding hydrogens is 1720 g/mol. The number of allylic oxidation sites excluding steroid dienone is 1. The highest BCUT2D eigenvalue weighted by atomic mass is 32.2. The fourth-order valence-corrected chi connectivity index (χ4v) is 36.9. The zero-order valence-electron chi connectivity index (χ0n) is 85.6. The Labute approximate surface area is 815 Å². The Morgan fingerprint density at radius 2 is 0.831 bits per heavy atom. The number of anilines is 2. The molecule has 21 rings (SSSR count). The topological polar surface area (TPSA) is 341 Å². The number of aliphatic imine (C=N–C) groups is 1. The first-order chi connectivity index (χ1) is 63.9. The number of aryl methyl sites for hydroxylation is 1. The molecule has 0 amide bonds. The number of Topliss-reactive ketones (excluding diaryl/α,β-unsaturated/α-hetero) is 4. The Bertz CT molecular complexity index is 5300. The van der Waals surface area contributed by atoms with E-state index >= 15 is 0 Å². The zero-order chi connectivity index (χ0) is 96.1. The zero-order valence-corrected chi connectivity index (χ0v) is 86.4. The van der Waals surface area contributed by atoms with Gasteiger partial charge in [0.05, 0.1) is 66.6 Å². The van der Waals surface area contributed by atoms with Crippen LogP contribution in [0, 0.1) is 174 Å². The van der Waals surface area contributed by atoms with Crippen molar-refractivity contribution in [3.63, 3.8) is 0 Å². The van der Waals surface area contributed by atoms with Crippen molar-refractivity contribution < 1.29 is 53.5 Å². The predicted molar refractivity (Wildman–Crippen MR) is 540 cm³/mol. The van der Waals surface area contributed by atoms with Crippen molar-refractivity contribution in [3.05, 3.63) is 71.0 Å². The van der Waals surface area contributed by atoms with Gasteiger partial charge >= 0.3 is 0 Å². The van der Waals surface area contributed by atoms with E-state index in [1.807, 2.05) is 70.3 Å². The number of aromatic nitrogens is 6. The Morgan fingerprint density at radius 1 is 0.463 bits per heavy atom. The molecule has 16 fully saturated rings. The number of halogens is 1. The van der Waals surface area contributed by atoms with Crippen LogP contribution < -0.4 is 32.4 Å². The summed E-state index contributed by atoms with van der Waals surface area (Å²) in [5.41, 5.74) is 15.7. The standard InChI is InChI=1S/C29H43FN2O2.2C29H41N3O3.C26H42N2O2S.H3N/c1-17-5-10-23(31)26(25(17)30)32-16-24(33)22-9-8-20-19-7-6-18-15-27(2,34)13-14-28(18,3)21(19)11-12-29(20,22)4;1-27(34)14-15-28(2)18(16-27)8-9-19-20-10-11-22(29(20,3)13-12-21(19)28)24(33)17-32-23-6-5-7-25(35-4)26(23)30-31-32;1-27(34)14-15-28(2)18(16-27)8-9-19-20-10-11-22(29(20,3)13-12-21(19)28)24(33)17-32-26-23(30-31-32)6-5-7-25(26)35-4;1-24(30)11-12-25(2)17(13-24)5-6-19-20-7-8-22(26(20,3)10-9-21(19)25)23(29)16-28-15-18(14-27)31-4;/h5,10,18-22,32,34H,6-9,11-16,31H2,1-4H3;2*5-7,18-22,34H,8-17H2,1-4H3;14-15,17,19-22,30H,5-13,16,27H2,1-4H3;1H3/t3*18-,19-,20-,21-,22+,27+,28-,29-;17-,19-,20-,21-,22+,24+,25-,26-;/m0000./s1. The molecule has 16 aliphatic rings. The maximum atomic E-state index is 14.6. The van der Waals surface area contributed by atoms with Crippen LogP contribution in [0.1, 0.15) is 320 Å². The highest BCUT2D eigenvalue weighted by molar-refractivity contribution is 8.03. The molecule has 0 saturated heterocycles. The summed E-state index contributed by atoms with van der Waals surface area (Å²) in [6.45, 7) is 30.6. The minimum absolute atomic E-state index is 0. The summed E-state index contributed by atoms with van der Waals surface area (Å²) in [6, 6.07) is 14.9. The molecule has 0 unspecified atom stereocenters. The number of nitrogens with zero attached hydrogens (tertiary/aromatic N) is 7. The molecule has 0 bridgehead atoms. The van der Waals surface area contributed by atoms with Gasteiger partial charge in [0.15, 0.2) is 34.5 Å². The number of nitrogens with two attached hydrogens (primary N) is 2. The van der Waals surface area contributed by atoms with E-state index in [9.17, 15) is 44.0 Å². The second-order valence-corrected chi connectivity index (χ2v) is 51.8. The molecule has 136 heavy (non-hydrogen) atoms. The fourth-order valence-electron chi connectivity index (χ4n) is 36.6. The van der Waals surface area contributed by atoms with Crippen LogP contribution in [-0.2, 0) is 32.3 Å². The molecule has 0 radical (unpaired) electrons. The molecule has 3 aromatic carbocycles. The number of aliphatic hydroxyl groups is 4. The number of ketones is 4. The maximum Gasteiger partial charge on any atom is 0.157 e. The number of carbonyl (C=O) groups is 4. The van der Waals surface area contributed by atoms with Crippen LogP contribution in [0.15, 0.2) is 64.6 Å². The quantitative estimate of drug-likeness (QED) is 0.0317. The highest BCUT2D eigenvalue weighted by Gasteiger charge is 2.68. The molecule has 23 heteroatoms. The lowest BCUT2D eigenvalue weighted by atomic mass is 9.44.